The van der Waals surface area contributed by atoms with Gasteiger partial charge in [-0.2, -0.15) is 0 Å². The number of urea groups is 1. The summed E-state index contributed by atoms with van der Waals surface area (Å²) < 4.78 is 39.2. The van der Waals surface area contributed by atoms with Gasteiger partial charge in [0.15, 0.2) is 0 Å². The van der Waals surface area contributed by atoms with Crippen LogP contribution in [0.1, 0.15) is 6.42 Å². The molecule has 2 N–H and O–H groups in total. The van der Waals surface area contributed by atoms with E-state index in [0.717, 1.165) is 12.1 Å². The van der Waals surface area contributed by atoms with Gasteiger partial charge in [0.2, 0.25) is 5.91 Å². The largest absolute Gasteiger partial charge is 0.326 e. The number of carbonyl (C=O) groups is 2. The molecule has 1 saturated heterocycles. The fraction of sp³-hybridized carbons (Fsp3) is 0.176. The summed E-state index contributed by atoms with van der Waals surface area (Å²) in [5.41, 5.74) is 0.471. The van der Waals surface area contributed by atoms with Crippen molar-refractivity contribution >= 4 is 23.3 Å². The first-order valence-corrected chi connectivity index (χ1v) is 7.53. The van der Waals surface area contributed by atoms with E-state index in [1.54, 1.807) is 0 Å². The van der Waals surface area contributed by atoms with Gasteiger partial charge in [-0.1, -0.05) is 0 Å². The molecule has 1 atom stereocenters. The summed E-state index contributed by atoms with van der Waals surface area (Å²) >= 11 is 0. The highest BCUT2D eigenvalue weighted by molar-refractivity contribution is 6.02. The molecule has 1 fully saturated rings. The standard InChI is InChI=1S/C17H14F3N3O2/c18-10-1-3-14(4-2-10)23-6-5-15(16(23)24)22-17(25)21-13-8-11(19)7-12(20)9-13/h1-4,7-9,15H,5-6H2,(H2,21,22,25)/t15-/m1/s1. The van der Waals surface area contributed by atoms with Gasteiger partial charge in [0, 0.05) is 24.0 Å². The molecular formula is C17H14F3N3O2. The maximum atomic E-state index is 13.1. The first-order chi connectivity index (χ1) is 11.9. The summed E-state index contributed by atoms with van der Waals surface area (Å²) in [4.78, 5) is 25.7. The molecule has 0 spiro atoms. The van der Waals surface area contributed by atoms with Crippen LogP contribution in [0.4, 0.5) is 29.3 Å². The zero-order valence-corrected chi connectivity index (χ0v) is 12.9. The van der Waals surface area contributed by atoms with Crippen LogP contribution in [0.2, 0.25) is 0 Å². The van der Waals surface area contributed by atoms with Gasteiger partial charge in [0.05, 0.1) is 0 Å². The van der Waals surface area contributed by atoms with Crippen LogP contribution in [0.5, 0.6) is 0 Å². The van der Waals surface area contributed by atoms with E-state index in [9.17, 15) is 22.8 Å². The number of hydrogen-bond acceptors (Lipinski definition) is 2. The summed E-state index contributed by atoms with van der Waals surface area (Å²) in [6, 6.07) is 6.53. The summed E-state index contributed by atoms with van der Waals surface area (Å²) in [6.07, 6.45) is 0.362. The lowest BCUT2D eigenvalue weighted by atomic mass is 10.2. The molecule has 5 nitrogen and oxygen atoms in total. The maximum absolute atomic E-state index is 13.1. The summed E-state index contributed by atoms with van der Waals surface area (Å²) in [5, 5.41) is 4.75. The molecule has 1 heterocycles. The minimum atomic E-state index is -0.824. The molecule has 130 valence electrons. The SMILES string of the molecule is O=C(Nc1cc(F)cc(F)c1)N[C@@H]1CCN(c2ccc(F)cc2)C1=O. The monoisotopic (exact) mass is 349 g/mol. The van der Waals surface area contributed by atoms with Crippen molar-refractivity contribution in [2.75, 3.05) is 16.8 Å². The average Bonchev–Trinajstić information content (AvgIpc) is 2.88. The van der Waals surface area contributed by atoms with E-state index in [1.807, 2.05) is 0 Å². The molecule has 3 amide bonds. The predicted molar refractivity (Wildman–Crippen MR) is 85.7 cm³/mol. The number of amides is 3. The number of nitrogens with zero attached hydrogens (tertiary/aromatic N) is 1. The lowest BCUT2D eigenvalue weighted by molar-refractivity contribution is -0.118. The third-order valence-electron chi connectivity index (χ3n) is 3.77. The van der Waals surface area contributed by atoms with E-state index in [1.165, 1.54) is 29.2 Å². The van der Waals surface area contributed by atoms with Crippen LogP contribution in [0.3, 0.4) is 0 Å². The molecule has 1 aliphatic heterocycles. The summed E-state index contributed by atoms with van der Waals surface area (Å²) in [5.74, 6) is -2.40. The number of benzene rings is 2. The minimum Gasteiger partial charge on any atom is -0.326 e. The van der Waals surface area contributed by atoms with E-state index in [4.69, 9.17) is 0 Å². The first-order valence-electron chi connectivity index (χ1n) is 7.53. The van der Waals surface area contributed by atoms with Gasteiger partial charge in [-0.25, -0.2) is 18.0 Å². The third-order valence-corrected chi connectivity index (χ3v) is 3.77. The molecule has 2 aromatic rings. The van der Waals surface area contributed by atoms with E-state index in [2.05, 4.69) is 10.6 Å². The molecule has 25 heavy (non-hydrogen) atoms. The first kappa shape index (κ1) is 16.8. The van der Waals surface area contributed by atoms with E-state index in [-0.39, 0.29) is 11.6 Å². The normalized spacial score (nSPS) is 16.8. The Morgan fingerprint density at radius 2 is 1.64 bits per heavy atom. The highest BCUT2D eigenvalue weighted by Crippen LogP contribution is 2.22. The quantitative estimate of drug-likeness (QED) is 0.895. The molecule has 0 saturated carbocycles. The Hall–Kier alpha value is -3.03. The number of hydrogen-bond donors (Lipinski definition) is 2. The van der Waals surface area contributed by atoms with Crippen molar-refractivity contribution in [1.82, 2.24) is 5.32 Å². The minimum absolute atomic E-state index is 0.0594. The fourth-order valence-electron chi connectivity index (χ4n) is 2.64. The molecule has 0 aromatic heterocycles. The van der Waals surface area contributed by atoms with Gasteiger partial charge in [-0.15, -0.1) is 0 Å². The fourth-order valence-corrected chi connectivity index (χ4v) is 2.64. The number of carbonyl (C=O) groups excluding carboxylic acids is 2. The maximum Gasteiger partial charge on any atom is 0.319 e. The smallest absolute Gasteiger partial charge is 0.319 e. The number of halogens is 3. The highest BCUT2D eigenvalue weighted by Gasteiger charge is 2.33. The van der Waals surface area contributed by atoms with Crippen molar-refractivity contribution in [3.8, 4) is 0 Å². The Balaban J connectivity index is 1.62. The predicted octanol–water partition coefficient (Wildman–Crippen LogP) is 3.03. The molecule has 0 unspecified atom stereocenters. The second-order valence-electron chi connectivity index (χ2n) is 5.56. The van der Waals surface area contributed by atoms with Gasteiger partial charge in [0.25, 0.3) is 0 Å². The van der Waals surface area contributed by atoms with Crippen LogP contribution in [0.25, 0.3) is 0 Å². The molecule has 0 aliphatic carbocycles. The van der Waals surface area contributed by atoms with Crippen LogP contribution in [-0.4, -0.2) is 24.5 Å². The van der Waals surface area contributed by atoms with Gasteiger partial charge < -0.3 is 15.5 Å². The van der Waals surface area contributed by atoms with Crippen LogP contribution in [0.15, 0.2) is 42.5 Å². The Morgan fingerprint density at radius 1 is 1.00 bits per heavy atom. The van der Waals surface area contributed by atoms with E-state index in [0.29, 0.717) is 24.7 Å². The van der Waals surface area contributed by atoms with Crippen LogP contribution >= 0.6 is 0 Å². The molecule has 0 radical (unpaired) electrons. The number of rotatable bonds is 3. The topological polar surface area (TPSA) is 61.4 Å². The molecule has 0 bridgehead atoms. The molecule has 8 heteroatoms. The summed E-state index contributed by atoms with van der Waals surface area (Å²) in [6.45, 7) is 0.365. The Morgan fingerprint density at radius 3 is 2.28 bits per heavy atom. The van der Waals surface area contributed by atoms with Crippen molar-refractivity contribution in [3.63, 3.8) is 0 Å². The Labute approximate surface area is 141 Å². The van der Waals surface area contributed by atoms with Crippen molar-refractivity contribution in [2.24, 2.45) is 0 Å². The van der Waals surface area contributed by atoms with Crippen LogP contribution in [0, 0.1) is 17.5 Å². The van der Waals surface area contributed by atoms with Crippen LogP contribution < -0.4 is 15.5 Å². The highest BCUT2D eigenvalue weighted by atomic mass is 19.1. The van der Waals surface area contributed by atoms with Gasteiger partial charge in [0.1, 0.15) is 23.5 Å². The zero-order valence-electron chi connectivity index (χ0n) is 12.9. The number of nitrogens with one attached hydrogen (secondary N) is 2. The second-order valence-corrected chi connectivity index (χ2v) is 5.56. The average molecular weight is 349 g/mol. The summed E-state index contributed by atoms with van der Waals surface area (Å²) in [7, 11) is 0. The number of anilines is 2. The molecule has 1 aliphatic rings. The van der Waals surface area contributed by atoms with Gasteiger partial charge >= 0.3 is 6.03 Å². The van der Waals surface area contributed by atoms with Crippen molar-refractivity contribution < 1.29 is 22.8 Å². The van der Waals surface area contributed by atoms with Crippen molar-refractivity contribution in [2.45, 2.75) is 12.5 Å². The third kappa shape index (κ3) is 3.90. The van der Waals surface area contributed by atoms with Crippen molar-refractivity contribution in [3.05, 3.63) is 59.9 Å². The Bertz CT molecular complexity index is 791. The van der Waals surface area contributed by atoms with Crippen molar-refractivity contribution in [1.29, 1.82) is 0 Å². The zero-order chi connectivity index (χ0) is 18.0. The second kappa shape index (κ2) is 6.84. The Kier molecular flexibility index (Phi) is 4.60. The lowest BCUT2D eigenvalue weighted by Crippen LogP contribution is -2.43. The molecule has 3 rings (SSSR count). The van der Waals surface area contributed by atoms with Crippen LogP contribution in [-0.2, 0) is 4.79 Å². The van der Waals surface area contributed by atoms with Gasteiger partial charge in [-0.3, -0.25) is 4.79 Å². The van der Waals surface area contributed by atoms with Gasteiger partial charge in [-0.05, 0) is 42.8 Å². The lowest BCUT2D eigenvalue weighted by Gasteiger charge is -2.17. The van der Waals surface area contributed by atoms with E-state index >= 15 is 0 Å². The van der Waals surface area contributed by atoms with E-state index < -0.39 is 29.5 Å². The molecule has 2 aromatic carbocycles. The molecular weight excluding hydrogens is 335 g/mol.